The maximum absolute atomic E-state index is 10.6. The Morgan fingerprint density at radius 2 is 2.00 bits per heavy atom. The average molecular weight is 247 g/mol. The number of rotatable bonds is 3. The van der Waals surface area contributed by atoms with Crippen molar-refractivity contribution in [2.45, 2.75) is 57.7 Å². The quantitative estimate of drug-likeness (QED) is 0.887. The van der Waals surface area contributed by atoms with E-state index in [4.69, 9.17) is 0 Å². The van der Waals surface area contributed by atoms with Crippen molar-refractivity contribution in [3.63, 3.8) is 0 Å². The summed E-state index contributed by atoms with van der Waals surface area (Å²) in [5, 5.41) is 10.6. The van der Waals surface area contributed by atoms with Gasteiger partial charge >= 0.3 is 0 Å². The van der Waals surface area contributed by atoms with Crippen LogP contribution in [0.2, 0.25) is 0 Å². The first-order valence-corrected chi connectivity index (χ1v) is 6.96. The van der Waals surface area contributed by atoms with Crippen LogP contribution in [0, 0.1) is 0 Å². The molecule has 2 atom stereocenters. The summed E-state index contributed by atoms with van der Waals surface area (Å²) in [6.07, 6.45) is 2.85. The fraction of sp³-hybridized carbons (Fsp3) is 0.625. The minimum atomic E-state index is -0.356. The molecule has 0 amide bonds. The summed E-state index contributed by atoms with van der Waals surface area (Å²) in [6, 6.07) is 8.52. The number of aliphatic hydroxyl groups is 1. The SMILES string of the molecule is CCC(C)(C)N(C)C1CCc2ccccc2C1O. The standard InChI is InChI=1S/C16H25NO/c1-5-16(2,3)17(4)14-11-10-12-8-6-7-9-13(12)15(14)18/h6-9,14-15,18H,5,10-11H2,1-4H3. The Balaban J connectivity index is 2.24. The third-order valence-electron chi connectivity index (χ3n) is 4.77. The maximum atomic E-state index is 10.6. The molecular weight excluding hydrogens is 222 g/mol. The van der Waals surface area contributed by atoms with Gasteiger partial charge in [0.2, 0.25) is 0 Å². The summed E-state index contributed by atoms with van der Waals surface area (Å²) < 4.78 is 0. The van der Waals surface area contributed by atoms with Gasteiger partial charge in [0.05, 0.1) is 6.10 Å². The van der Waals surface area contributed by atoms with E-state index in [1.807, 2.05) is 6.07 Å². The normalized spacial score (nSPS) is 24.1. The fourth-order valence-corrected chi connectivity index (χ4v) is 2.82. The van der Waals surface area contributed by atoms with Crippen LogP contribution in [0.15, 0.2) is 24.3 Å². The second-order valence-corrected chi connectivity index (χ2v) is 6.03. The highest BCUT2D eigenvalue weighted by atomic mass is 16.3. The lowest BCUT2D eigenvalue weighted by atomic mass is 9.83. The van der Waals surface area contributed by atoms with Crippen LogP contribution in [0.25, 0.3) is 0 Å². The zero-order chi connectivity index (χ0) is 13.3. The molecule has 0 aliphatic heterocycles. The van der Waals surface area contributed by atoms with E-state index in [1.165, 1.54) is 5.56 Å². The Morgan fingerprint density at radius 3 is 2.67 bits per heavy atom. The number of benzene rings is 1. The second-order valence-electron chi connectivity index (χ2n) is 6.03. The van der Waals surface area contributed by atoms with Gasteiger partial charge in [0.1, 0.15) is 0 Å². The first-order valence-electron chi connectivity index (χ1n) is 6.96. The lowest BCUT2D eigenvalue weighted by molar-refractivity contribution is -0.00209. The van der Waals surface area contributed by atoms with E-state index in [9.17, 15) is 5.11 Å². The van der Waals surface area contributed by atoms with Crippen LogP contribution in [0.1, 0.15) is 50.8 Å². The van der Waals surface area contributed by atoms with Gasteiger partial charge in [-0.1, -0.05) is 31.2 Å². The largest absolute Gasteiger partial charge is 0.387 e. The van der Waals surface area contributed by atoms with Crippen LogP contribution in [0.3, 0.4) is 0 Å². The van der Waals surface area contributed by atoms with Crippen molar-refractivity contribution in [3.8, 4) is 0 Å². The van der Waals surface area contributed by atoms with Gasteiger partial charge in [-0.05, 0) is 51.3 Å². The molecule has 2 rings (SSSR count). The highest BCUT2D eigenvalue weighted by Gasteiger charge is 2.35. The number of aliphatic hydroxyl groups excluding tert-OH is 1. The second kappa shape index (κ2) is 5.02. The average Bonchev–Trinajstić information content (AvgIpc) is 2.39. The molecule has 100 valence electrons. The highest BCUT2D eigenvalue weighted by molar-refractivity contribution is 5.32. The number of likely N-dealkylation sites (N-methyl/N-ethyl adjacent to an activating group) is 1. The maximum Gasteiger partial charge on any atom is 0.0948 e. The molecule has 1 aromatic carbocycles. The van der Waals surface area contributed by atoms with E-state index in [2.05, 4.69) is 50.9 Å². The molecule has 0 bridgehead atoms. The van der Waals surface area contributed by atoms with Crippen molar-refractivity contribution in [1.82, 2.24) is 4.90 Å². The molecule has 0 saturated carbocycles. The molecule has 1 N–H and O–H groups in total. The van der Waals surface area contributed by atoms with Crippen molar-refractivity contribution >= 4 is 0 Å². The number of fused-ring (bicyclic) bond motifs is 1. The minimum absolute atomic E-state index is 0.137. The van der Waals surface area contributed by atoms with Crippen LogP contribution < -0.4 is 0 Å². The molecule has 2 unspecified atom stereocenters. The molecule has 18 heavy (non-hydrogen) atoms. The molecule has 0 saturated heterocycles. The van der Waals surface area contributed by atoms with Crippen LogP contribution in [0.4, 0.5) is 0 Å². The van der Waals surface area contributed by atoms with Crippen LogP contribution >= 0.6 is 0 Å². The van der Waals surface area contributed by atoms with Crippen molar-refractivity contribution in [2.24, 2.45) is 0 Å². The highest BCUT2D eigenvalue weighted by Crippen LogP contribution is 2.35. The first kappa shape index (κ1) is 13.6. The minimum Gasteiger partial charge on any atom is -0.387 e. The van der Waals surface area contributed by atoms with Gasteiger partial charge in [-0.25, -0.2) is 0 Å². The predicted molar refractivity (Wildman–Crippen MR) is 75.6 cm³/mol. The van der Waals surface area contributed by atoms with E-state index in [1.54, 1.807) is 0 Å². The molecule has 2 nitrogen and oxygen atoms in total. The van der Waals surface area contributed by atoms with E-state index in [0.717, 1.165) is 24.8 Å². The summed E-state index contributed by atoms with van der Waals surface area (Å²) in [4.78, 5) is 2.35. The van der Waals surface area contributed by atoms with E-state index in [-0.39, 0.29) is 17.7 Å². The van der Waals surface area contributed by atoms with E-state index in [0.29, 0.717) is 0 Å². The Morgan fingerprint density at radius 1 is 1.33 bits per heavy atom. The van der Waals surface area contributed by atoms with Crippen molar-refractivity contribution in [1.29, 1.82) is 0 Å². The molecule has 0 radical (unpaired) electrons. The molecule has 0 fully saturated rings. The van der Waals surface area contributed by atoms with E-state index >= 15 is 0 Å². The fourth-order valence-electron chi connectivity index (χ4n) is 2.82. The lowest BCUT2D eigenvalue weighted by Crippen LogP contribution is -2.50. The molecule has 0 aromatic heterocycles. The lowest BCUT2D eigenvalue weighted by Gasteiger charge is -2.44. The van der Waals surface area contributed by atoms with Gasteiger partial charge < -0.3 is 5.11 Å². The zero-order valence-corrected chi connectivity index (χ0v) is 12.0. The molecule has 0 spiro atoms. The summed E-state index contributed by atoms with van der Waals surface area (Å²) in [5.41, 5.74) is 2.56. The topological polar surface area (TPSA) is 23.5 Å². The van der Waals surface area contributed by atoms with Gasteiger partial charge in [-0.15, -0.1) is 0 Å². The number of aryl methyl sites for hydroxylation is 1. The van der Waals surface area contributed by atoms with Crippen LogP contribution in [0.5, 0.6) is 0 Å². The third kappa shape index (κ3) is 2.32. The van der Waals surface area contributed by atoms with Crippen LogP contribution in [-0.4, -0.2) is 28.6 Å². The molecule has 1 aliphatic rings. The number of hydrogen-bond acceptors (Lipinski definition) is 2. The van der Waals surface area contributed by atoms with Crippen LogP contribution in [-0.2, 0) is 6.42 Å². The van der Waals surface area contributed by atoms with Crippen molar-refractivity contribution in [2.75, 3.05) is 7.05 Å². The van der Waals surface area contributed by atoms with Gasteiger partial charge in [0.15, 0.2) is 0 Å². The predicted octanol–water partition coefficient (Wildman–Crippen LogP) is 3.16. The summed E-state index contributed by atoms with van der Waals surface area (Å²) >= 11 is 0. The van der Waals surface area contributed by atoms with Gasteiger partial charge in [-0.3, -0.25) is 4.90 Å². The van der Waals surface area contributed by atoms with Gasteiger partial charge in [-0.2, -0.15) is 0 Å². The number of hydrogen-bond donors (Lipinski definition) is 1. The molecule has 2 heteroatoms. The van der Waals surface area contributed by atoms with Gasteiger partial charge in [0, 0.05) is 11.6 Å². The molecule has 1 aliphatic carbocycles. The summed E-state index contributed by atoms with van der Waals surface area (Å²) in [5.74, 6) is 0. The Bertz CT molecular complexity index is 413. The Hall–Kier alpha value is -0.860. The van der Waals surface area contributed by atoms with E-state index < -0.39 is 0 Å². The third-order valence-corrected chi connectivity index (χ3v) is 4.77. The van der Waals surface area contributed by atoms with Crippen molar-refractivity contribution < 1.29 is 5.11 Å². The van der Waals surface area contributed by atoms with Crippen molar-refractivity contribution in [3.05, 3.63) is 35.4 Å². The summed E-state index contributed by atoms with van der Waals surface area (Å²) in [7, 11) is 2.14. The van der Waals surface area contributed by atoms with Gasteiger partial charge in [0.25, 0.3) is 0 Å². The molecular formula is C16H25NO. The zero-order valence-electron chi connectivity index (χ0n) is 12.0. The Labute approximate surface area is 111 Å². The first-order chi connectivity index (χ1) is 8.47. The Kier molecular flexibility index (Phi) is 3.79. The monoisotopic (exact) mass is 247 g/mol. The molecule has 1 aromatic rings. The molecule has 0 heterocycles. The smallest absolute Gasteiger partial charge is 0.0948 e. The number of nitrogens with zero attached hydrogens (tertiary/aromatic N) is 1. The summed E-state index contributed by atoms with van der Waals surface area (Å²) in [6.45, 7) is 6.71.